The zero-order valence-corrected chi connectivity index (χ0v) is 19.8. The highest BCUT2D eigenvalue weighted by Crippen LogP contribution is 2.24. The van der Waals surface area contributed by atoms with E-state index in [1.54, 1.807) is 0 Å². The minimum absolute atomic E-state index is 0.128. The molecule has 3 aromatic rings. The maximum Gasteiger partial charge on any atom is 0.223 e. The summed E-state index contributed by atoms with van der Waals surface area (Å²) in [6.45, 7) is 4.69. The maximum atomic E-state index is 13.1. The van der Waals surface area contributed by atoms with Crippen molar-refractivity contribution in [2.45, 2.75) is 32.7 Å². The van der Waals surface area contributed by atoms with Crippen molar-refractivity contribution in [3.05, 3.63) is 99.6 Å². The van der Waals surface area contributed by atoms with E-state index in [4.69, 9.17) is 21.1 Å². The molecule has 1 aliphatic rings. The van der Waals surface area contributed by atoms with E-state index in [9.17, 15) is 4.79 Å². The summed E-state index contributed by atoms with van der Waals surface area (Å²) in [6.07, 6.45) is 1.94. The molecule has 4 rings (SSSR count). The van der Waals surface area contributed by atoms with Gasteiger partial charge >= 0.3 is 0 Å². The quantitative estimate of drug-likeness (QED) is 0.506. The van der Waals surface area contributed by atoms with Crippen LogP contribution >= 0.6 is 11.6 Å². The smallest absolute Gasteiger partial charge is 0.223 e. The predicted molar refractivity (Wildman–Crippen MR) is 132 cm³/mol. The molecule has 0 radical (unpaired) electrons. The zero-order valence-electron chi connectivity index (χ0n) is 19.1. The van der Waals surface area contributed by atoms with Gasteiger partial charge in [0.15, 0.2) is 0 Å². The van der Waals surface area contributed by atoms with Gasteiger partial charge in [-0.25, -0.2) is 0 Å². The Balaban J connectivity index is 1.50. The fourth-order valence-corrected chi connectivity index (χ4v) is 4.23. The number of rotatable bonds is 3. The van der Waals surface area contributed by atoms with E-state index >= 15 is 0 Å². The van der Waals surface area contributed by atoms with Crippen LogP contribution < -0.4 is 4.74 Å². The SMILES string of the molecule is Cc1ccc2c(c1)Cc1cccc(c1)CN(C(=O)CCc1ccc(Cl)cc1)CCOCCO2. The van der Waals surface area contributed by atoms with Crippen LogP contribution in [-0.2, 0) is 28.9 Å². The van der Waals surface area contributed by atoms with Crippen LogP contribution in [0.5, 0.6) is 5.75 Å². The third-order valence-corrected chi connectivity index (χ3v) is 6.11. The van der Waals surface area contributed by atoms with Gasteiger partial charge in [0.1, 0.15) is 12.4 Å². The number of halogens is 1. The highest BCUT2D eigenvalue weighted by atomic mass is 35.5. The molecule has 33 heavy (non-hydrogen) atoms. The lowest BCUT2D eigenvalue weighted by Gasteiger charge is -2.24. The Morgan fingerprint density at radius 3 is 2.64 bits per heavy atom. The van der Waals surface area contributed by atoms with Crippen molar-refractivity contribution in [3.8, 4) is 5.75 Å². The fraction of sp³-hybridized carbons (Fsp3) is 0.321. The molecule has 1 aliphatic heterocycles. The summed E-state index contributed by atoms with van der Waals surface area (Å²) in [6, 6.07) is 22.5. The topological polar surface area (TPSA) is 38.8 Å². The van der Waals surface area contributed by atoms with Crippen LogP contribution in [0.2, 0.25) is 5.02 Å². The molecular weight excluding hydrogens is 434 g/mol. The Morgan fingerprint density at radius 1 is 0.970 bits per heavy atom. The Kier molecular flexibility index (Phi) is 8.03. The summed E-state index contributed by atoms with van der Waals surface area (Å²) in [5, 5.41) is 0.707. The van der Waals surface area contributed by atoms with E-state index in [2.05, 4.69) is 43.3 Å². The first-order chi connectivity index (χ1) is 16.1. The number of benzene rings is 3. The van der Waals surface area contributed by atoms with Crippen LogP contribution in [0.3, 0.4) is 0 Å². The molecule has 0 unspecified atom stereocenters. The van der Waals surface area contributed by atoms with E-state index < -0.39 is 0 Å². The van der Waals surface area contributed by atoms with Crippen LogP contribution in [0.4, 0.5) is 0 Å². The predicted octanol–water partition coefficient (Wildman–Crippen LogP) is 5.61. The molecule has 2 bridgehead atoms. The fourth-order valence-electron chi connectivity index (χ4n) is 4.11. The number of amides is 1. The molecule has 0 saturated carbocycles. The average Bonchev–Trinajstić information content (AvgIpc) is 2.81. The molecule has 0 atom stereocenters. The standard InChI is InChI=1S/C28H30ClNO3/c1-21-5-11-27-25(17-21)19-23-3-2-4-24(18-23)20-30(13-14-32-15-16-33-27)28(31)12-8-22-6-9-26(29)10-7-22/h2-7,9-11,17-18H,8,12-16,19-20H2,1H3. The number of hydrogen-bond acceptors (Lipinski definition) is 3. The number of nitrogens with zero attached hydrogens (tertiary/aromatic N) is 1. The second-order valence-electron chi connectivity index (χ2n) is 8.51. The Hall–Kier alpha value is -2.82. The highest BCUT2D eigenvalue weighted by molar-refractivity contribution is 6.30. The molecular formula is C28H30ClNO3. The van der Waals surface area contributed by atoms with Crippen LogP contribution in [0.25, 0.3) is 0 Å². The van der Waals surface area contributed by atoms with Crippen molar-refractivity contribution in [2.75, 3.05) is 26.4 Å². The summed E-state index contributed by atoms with van der Waals surface area (Å²) >= 11 is 5.97. The number of ether oxygens (including phenoxy) is 2. The molecule has 172 valence electrons. The van der Waals surface area contributed by atoms with Gasteiger partial charge in [0.2, 0.25) is 5.91 Å². The summed E-state index contributed by atoms with van der Waals surface area (Å²) < 4.78 is 11.8. The lowest BCUT2D eigenvalue weighted by Crippen LogP contribution is -2.34. The van der Waals surface area contributed by atoms with Gasteiger partial charge in [-0.2, -0.15) is 0 Å². The molecule has 3 aromatic carbocycles. The lowest BCUT2D eigenvalue weighted by atomic mass is 10.00. The normalized spacial score (nSPS) is 14.7. The van der Waals surface area contributed by atoms with Crippen molar-refractivity contribution >= 4 is 17.5 Å². The molecule has 0 N–H and O–H groups in total. The van der Waals surface area contributed by atoms with Crippen molar-refractivity contribution in [1.29, 1.82) is 0 Å². The number of aryl methyl sites for hydroxylation is 2. The first-order valence-electron chi connectivity index (χ1n) is 11.5. The van der Waals surface area contributed by atoms with E-state index in [0.717, 1.165) is 23.3 Å². The molecule has 0 saturated heterocycles. The van der Waals surface area contributed by atoms with Gasteiger partial charge in [0, 0.05) is 31.0 Å². The summed E-state index contributed by atoms with van der Waals surface area (Å²) in [4.78, 5) is 15.0. The van der Waals surface area contributed by atoms with Gasteiger partial charge in [-0.05, 0) is 53.8 Å². The summed E-state index contributed by atoms with van der Waals surface area (Å²) in [5.41, 5.74) is 5.83. The highest BCUT2D eigenvalue weighted by Gasteiger charge is 2.15. The van der Waals surface area contributed by atoms with Crippen molar-refractivity contribution < 1.29 is 14.3 Å². The van der Waals surface area contributed by atoms with Gasteiger partial charge < -0.3 is 14.4 Å². The Bertz CT molecular complexity index is 1080. The minimum atomic E-state index is 0.128. The van der Waals surface area contributed by atoms with Crippen LogP contribution in [0.1, 0.15) is 34.2 Å². The van der Waals surface area contributed by atoms with Gasteiger partial charge in [0.05, 0.1) is 13.2 Å². The monoisotopic (exact) mass is 463 g/mol. The largest absolute Gasteiger partial charge is 0.491 e. The molecule has 4 nitrogen and oxygen atoms in total. The Labute approximate surface area is 201 Å². The van der Waals surface area contributed by atoms with Gasteiger partial charge in [0.25, 0.3) is 0 Å². The second kappa shape index (κ2) is 11.4. The van der Waals surface area contributed by atoms with Crippen LogP contribution in [-0.4, -0.2) is 37.2 Å². The molecule has 0 spiro atoms. The average molecular weight is 464 g/mol. The van der Waals surface area contributed by atoms with Gasteiger partial charge in [-0.3, -0.25) is 4.79 Å². The van der Waals surface area contributed by atoms with E-state index in [1.807, 2.05) is 35.2 Å². The lowest BCUT2D eigenvalue weighted by molar-refractivity contribution is -0.132. The van der Waals surface area contributed by atoms with E-state index in [-0.39, 0.29) is 5.91 Å². The zero-order chi connectivity index (χ0) is 23.0. The molecule has 1 heterocycles. The van der Waals surface area contributed by atoms with Gasteiger partial charge in [-0.1, -0.05) is 65.7 Å². The number of fused-ring (bicyclic) bond motifs is 3. The number of carbonyl (C=O) groups excluding carboxylic acids is 1. The summed E-state index contributed by atoms with van der Waals surface area (Å²) in [7, 11) is 0. The molecule has 1 amide bonds. The third-order valence-electron chi connectivity index (χ3n) is 5.86. The van der Waals surface area contributed by atoms with E-state index in [1.165, 1.54) is 16.7 Å². The molecule has 0 aromatic heterocycles. The van der Waals surface area contributed by atoms with E-state index in [0.29, 0.717) is 50.8 Å². The van der Waals surface area contributed by atoms with Crippen molar-refractivity contribution in [1.82, 2.24) is 4.90 Å². The molecule has 5 heteroatoms. The first kappa shape index (κ1) is 23.3. The van der Waals surface area contributed by atoms with Crippen molar-refractivity contribution in [2.24, 2.45) is 0 Å². The second-order valence-corrected chi connectivity index (χ2v) is 8.95. The number of hydrogen-bond donors (Lipinski definition) is 0. The third kappa shape index (κ3) is 6.83. The summed E-state index contributed by atoms with van der Waals surface area (Å²) in [5.74, 6) is 1.04. The van der Waals surface area contributed by atoms with Gasteiger partial charge in [-0.15, -0.1) is 0 Å². The molecule has 0 aliphatic carbocycles. The first-order valence-corrected chi connectivity index (χ1v) is 11.8. The number of carbonyl (C=O) groups is 1. The minimum Gasteiger partial charge on any atom is -0.491 e. The Morgan fingerprint density at radius 2 is 1.79 bits per heavy atom. The maximum absolute atomic E-state index is 13.1. The van der Waals surface area contributed by atoms with Crippen LogP contribution in [0.15, 0.2) is 66.7 Å². The molecule has 0 fully saturated rings. The van der Waals surface area contributed by atoms with Crippen LogP contribution in [0, 0.1) is 6.92 Å². The van der Waals surface area contributed by atoms with Crippen molar-refractivity contribution in [3.63, 3.8) is 0 Å².